The molecule has 0 aliphatic carbocycles. The maximum atomic E-state index is 13.6. The quantitative estimate of drug-likeness (QED) is 0.179. The maximum absolute atomic E-state index is 13.6. The lowest BCUT2D eigenvalue weighted by molar-refractivity contribution is -0.132. The number of aliphatic hydroxyl groups excluding tert-OH is 1. The number of Topliss-reactive ketones (excluding diaryl/α,β-unsaturated/α-hetero) is 1. The fourth-order valence-electron chi connectivity index (χ4n) is 4.52. The number of ether oxygens (including phenoxy) is 4. The van der Waals surface area contributed by atoms with Crippen LogP contribution in [0.25, 0.3) is 16.0 Å². The molecule has 1 saturated heterocycles. The molecule has 4 aromatic rings. The van der Waals surface area contributed by atoms with Gasteiger partial charge in [-0.1, -0.05) is 17.4 Å². The molecule has 0 saturated carbocycles. The zero-order valence-electron chi connectivity index (χ0n) is 21.8. The second kappa shape index (κ2) is 10.7. The standard InChI is InChI=1S/C29H26N2O7S/c1-5-38-19-11-12-20-23(15-19)39-29(30-20)31-25(17-8-13-21(36-3)22(14-17)37-4)24(27(33)28(31)34)26(32)16-6-9-18(35-2)10-7-16/h6-15,25,32H,5H2,1-4H3/t25-/m1/s1. The van der Waals surface area contributed by atoms with Gasteiger partial charge >= 0.3 is 5.91 Å². The summed E-state index contributed by atoms with van der Waals surface area (Å²) >= 11 is 1.26. The molecule has 1 aromatic heterocycles. The van der Waals surface area contributed by atoms with Gasteiger partial charge in [-0.25, -0.2) is 4.98 Å². The van der Waals surface area contributed by atoms with Crippen molar-refractivity contribution in [3.63, 3.8) is 0 Å². The number of rotatable bonds is 8. The van der Waals surface area contributed by atoms with Crippen molar-refractivity contribution in [2.75, 3.05) is 32.8 Å². The number of thiazole rings is 1. The second-order valence-corrected chi connectivity index (χ2v) is 9.58. The van der Waals surface area contributed by atoms with E-state index in [2.05, 4.69) is 4.98 Å². The maximum Gasteiger partial charge on any atom is 0.301 e. The Balaban J connectivity index is 1.70. The largest absolute Gasteiger partial charge is 0.507 e. The van der Waals surface area contributed by atoms with Crippen LogP contribution in [0, 0.1) is 0 Å². The molecule has 39 heavy (non-hydrogen) atoms. The van der Waals surface area contributed by atoms with Crippen molar-refractivity contribution < 1.29 is 33.6 Å². The Morgan fingerprint density at radius 3 is 2.31 bits per heavy atom. The minimum absolute atomic E-state index is 0.0633. The monoisotopic (exact) mass is 546 g/mol. The summed E-state index contributed by atoms with van der Waals surface area (Å²) in [5.41, 5.74) is 1.49. The number of hydrogen-bond acceptors (Lipinski definition) is 9. The summed E-state index contributed by atoms with van der Waals surface area (Å²) in [6.07, 6.45) is 0. The van der Waals surface area contributed by atoms with Crippen molar-refractivity contribution in [2.45, 2.75) is 13.0 Å². The van der Waals surface area contributed by atoms with E-state index < -0.39 is 17.7 Å². The first kappa shape index (κ1) is 26.1. The van der Waals surface area contributed by atoms with E-state index in [4.69, 9.17) is 18.9 Å². The van der Waals surface area contributed by atoms with E-state index >= 15 is 0 Å². The fraction of sp³-hybridized carbons (Fsp3) is 0.207. The van der Waals surface area contributed by atoms with Crippen molar-refractivity contribution in [1.82, 2.24) is 4.98 Å². The molecule has 2 heterocycles. The van der Waals surface area contributed by atoms with Gasteiger partial charge in [0.2, 0.25) is 0 Å². The molecule has 0 spiro atoms. The molecule has 1 aliphatic rings. The van der Waals surface area contributed by atoms with Crippen LogP contribution in [0.1, 0.15) is 24.1 Å². The van der Waals surface area contributed by atoms with Gasteiger partial charge in [-0.15, -0.1) is 0 Å². The molecule has 9 nitrogen and oxygen atoms in total. The lowest BCUT2D eigenvalue weighted by Crippen LogP contribution is -2.29. The fourth-order valence-corrected chi connectivity index (χ4v) is 5.55. The van der Waals surface area contributed by atoms with Crippen LogP contribution < -0.4 is 23.8 Å². The third kappa shape index (κ3) is 4.63. The highest BCUT2D eigenvalue weighted by molar-refractivity contribution is 7.22. The summed E-state index contributed by atoms with van der Waals surface area (Å²) in [6.45, 7) is 2.41. The van der Waals surface area contributed by atoms with Crippen LogP contribution in [0.5, 0.6) is 23.0 Å². The van der Waals surface area contributed by atoms with Crippen molar-refractivity contribution in [2.24, 2.45) is 0 Å². The summed E-state index contributed by atoms with van der Waals surface area (Å²) in [5, 5.41) is 11.7. The highest BCUT2D eigenvalue weighted by Crippen LogP contribution is 2.46. The van der Waals surface area contributed by atoms with E-state index in [1.807, 2.05) is 13.0 Å². The van der Waals surface area contributed by atoms with Crippen LogP contribution in [0.2, 0.25) is 0 Å². The minimum Gasteiger partial charge on any atom is -0.507 e. The lowest BCUT2D eigenvalue weighted by atomic mass is 9.95. The number of nitrogens with zero attached hydrogens (tertiary/aromatic N) is 2. The first-order valence-corrected chi connectivity index (χ1v) is 12.9. The summed E-state index contributed by atoms with van der Waals surface area (Å²) in [7, 11) is 4.55. The molecule has 0 bridgehead atoms. The minimum atomic E-state index is -0.973. The van der Waals surface area contributed by atoms with Crippen LogP contribution in [0.3, 0.4) is 0 Å². The van der Waals surface area contributed by atoms with Crippen LogP contribution >= 0.6 is 11.3 Å². The van der Waals surface area contributed by atoms with E-state index in [-0.39, 0.29) is 11.3 Å². The Morgan fingerprint density at radius 2 is 1.64 bits per heavy atom. The number of carbonyl (C=O) groups is 2. The number of fused-ring (bicyclic) bond motifs is 1. The van der Waals surface area contributed by atoms with Crippen LogP contribution in [-0.4, -0.2) is 49.7 Å². The lowest BCUT2D eigenvalue weighted by Gasteiger charge is -2.23. The Labute approximate surface area is 228 Å². The number of benzene rings is 3. The first-order chi connectivity index (χ1) is 18.9. The molecule has 1 aliphatic heterocycles. The van der Waals surface area contributed by atoms with Gasteiger partial charge in [0.1, 0.15) is 17.3 Å². The molecule has 5 rings (SSSR count). The van der Waals surface area contributed by atoms with Gasteiger partial charge in [0.25, 0.3) is 5.78 Å². The number of anilines is 1. The molecule has 1 atom stereocenters. The summed E-state index contributed by atoms with van der Waals surface area (Å²) in [5.74, 6) is 0.236. The van der Waals surface area contributed by atoms with E-state index in [0.717, 1.165) is 4.70 Å². The molecule has 1 N–H and O–H groups in total. The highest BCUT2D eigenvalue weighted by atomic mass is 32.1. The van der Waals surface area contributed by atoms with E-state index in [1.54, 1.807) is 54.6 Å². The molecule has 3 aromatic carbocycles. The summed E-state index contributed by atoms with van der Waals surface area (Å²) in [4.78, 5) is 33.1. The van der Waals surface area contributed by atoms with Gasteiger partial charge in [-0.05, 0) is 67.1 Å². The normalized spacial score (nSPS) is 16.5. The van der Waals surface area contributed by atoms with Gasteiger partial charge in [-0.3, -0.25) is 14.5 Å². The Hall–Kier alpha value is -4.57. The predicted octanol–water partition coefficient (Wildman–Crippen LogP) is 5.35. The number of carbonyl (C=O) groups excluding carboxylic acids is 2. The second-order valence-electron chi connectivity index (χ2n) is 8.57. The molecule has 0 radical (unpaired) electrons. The molecule has 1 fully saturated rings. The van der Waals surface area contributed by atoms with E-state index in [0.29, 0.717) is 51.4 Å². The molecule has 0 unspecified atom stereocenters. The topological polar surface area (TPSA) is 107 Å². The number of aliphatic hydroxyl groups is 1. The van der Waals surface area contributed by atoms with Crippen molar-refractivity contribution in [3.8, 4) is 23.0 Å². The Kier molecular flexibility index (Phi) is 7.12. The molecular weight excluding hydrogens is 520 g/mol. The van der Waals surface area contributed by atoms with Crippen LogP contribution in [-0.2, 0) is 9.59 Å². The molecule has 1 amide bonds. The highest BCUT2D eigenvalue weighted by Gasteiger charge is 2.48. The molecule has 200 valence electrons. The number of amides is 1. The smallest absolute Gasteiger partial charge is 0.301 e. The van der Waals surface area contributed by atoms with Gasteiger partial charge < -0.3 is 24.1 Å². The van der Waals surface area contributed by atoms with Crippen molar-refractivity contribution >= 4 is 44.1 Å². The zero-order chi connectivity index (χ0) is 27.7. The van der Waals surface area contributed by atoms with Crippen LogP contribution in [0.4, 0.5) is 5.13 Å². The average Bonchev–Trinajstić information content (AvgIpc) is 3.50. The van der Waals surface area contributed by atoms with Gasteiger partial charge in [0.15, 0.2) is 16.6 Å². The Morgan fingerprint density at radius 1 is 0.923 bits per heavy atom. The predicted molar refractivity (Wildman–Crippen MR) is 148 cm³/mol. The SMILES string of the molecule is CCOc1ccc2nc(N3C(=O)C(=O)C(=C(O)c4ccc(OC)cc4)[C@H]3c3ccc(OC)c(OC)c3)sc2c1. The van der Waals surface area contributed by atoms with Gasteiger partial charge in [0.05, 0.1) is 49.8 Å². The first-order valence-electron chi connectivity index (χ1n) is 12.1. The number of methoxy groups -OCH3 is 3. The molecular formula is C29H26N2O7S. The van der Waals surface area contributed by atoms with Gasteiger partial charge in [0, 0.05) is 5.56 Å². The third-order valence-electron chi connectivity index (χ3n) is 6.40. The Bertz CT molecular complexity index is 1590. The number of aromatic nitrogens is 1. The number of hydrogen-bond donors (Lipinski definition) is 1. The zero-order valence-corrected chi connectivity index (χ0v) is 22.6. The molecule has 10 heteroatoms. The number of ketones is 1. The summed E-state index contributed by atoms with van der Waals surface area (Å²) in [6, 6.07) is 16.2. The van der Waals surface area contributed by atoms with E-state index in [9.17, 15) is 14.7 Å². The van der Waals surface area contributed by atoms with Crippen LogP contribution in [0.15, 0.2) is 66.2 Å². The van der Waals surface area contributed by atoms with Gasteiger partial charge in [-0.2, -0.15) is 0 Å². The van der Waals surface area contributed by atoms with Crippen molar-refractivity contribution in [1.29, 1.82) is 0 Å². The van der Waals surface area contributed by atoms with Crippen molar-refractivity contribution in [3.05, 3.63) is 77.4 Å². The third-order valence-corrected chi connectivity index (χ3v) is 7.41. The van der Waals surface area contributed by atoms with E-state index in [1.165, 1.54) is 37.6 Å². The summed E-state index contributed by atoms with van der Waals surface area (Å²) < 4.78 is 22.5. The average molecular weight is 547 g/mol.